The minimum atomic E-state index is 0. The van der Waals surface area contributed by atoms with Gasteiger partial charge in [-0.1, -0.05) is 6.07 Å². The van der Waals surface area contributed by atoms with Gasteiger partial charge in [-0.3, -0.25) is 14.7 Å². The molecule has 9 heteroatoms. The quantitative estimate of drug-likeness (QED) is 0.260. The van der Waals surface area contributed by atoms with Crippen LogP contribution in [-0.4, -0.2) is 80.7 Å². The van der Waals surface area contributed by atoms with Crippen LogP contribution in [0.25, 0.3) is 0 Å². The molecule has 2 N–H and O–H groups in total. The van der Waals surface area contributed by atoms with Crippen molar-refractivity contribution in [2.75, 3.05) is 59.0 Å². The molecule has 1 heterocycles. The second kappa shape index (κ2) is 15.2. The molecule has 0 aliphatic carbocycles. The molecule has 2 rings (SSSR count). The van der Waals surface area contributed by atoms with Crippen molar-refractivity contribution >= 4 is 35.8 Å². The number of nitrogens with one attached hydrogen (secondary N) is 2. The van der Waals surface area contributed by atoms with E-state index in [1.165, 1.54) is 0 Å². The molecular weight excluding hydrogens is 521 g/mol. The predicted octanol–water partition coefficient (Wildman–Crippen LogP) is 2.88. The number of halogens is 1. The fourth-order valence-corrected chi connectivity index (χ4v) is 3.54. The summed E-state index contributed by atoms with van der Waals surface area (Å²) in [6.07, 6.45) is 0. The van der Waals surface area contributed by atoms with Gasteiger partial charge in [0, 0.05) is 46.2 Å². The van der Waals surface area contributed by atoms with E-state index in [1.54, 1.807) is 6.92 Å². The van der Waals surface area contributed by atoms with Gasteiger partial charge in [0.2, 0.25) is 5.91 Å². The van der Waals surface area contributed by atoms with Gasteiger partial charge in [-0.15, -0.1) is 24.0 Å². The van der Waals surface area contributed by atoms with Gasteiger partial charge in [0.1, 0.15) is 0 Å². The van der Waals surface area contributed by atoms with E-state index in [9.17, 15) is 4.79 Å². The fraction of sp³-hybridized carbons (Fsp3) is 0.652. The van der Waals surface area contributed by atoms with E-state index in [2.05, 4.69) is 35.4 Å². The molecule has 0 saturated carbocycles. The number of benzene rings is 1. The number of guanidine groups is 1. The fourth-order valence-electron chi connectivity index (χ4n) is 3.54. The van der Waals surface area contributed by atoms with Gasteiger partial charge in [-0.25, -0.2) is 0 Å². The summed E-state index contributed by atoms with van der Waals surface area (Å²) < 4.78 is 11.4. The summed E-state index contributed by atoms with van der Waals surface area (Å²) in [6.45, 7) is 16.7. The zero-order valence-corrected chi connectivity index (χ0v) is 22.5. The Morgan fingerprint density at radius 1 is 1.09 bits per heavy atom. The van der Waals surface area contributed by atoms with Crippen LogP contribution in [0.5, 0.6) is 11.5 Å². The first kappa shape index (κ1) is 28.3. The maximum Gasteiger partial charge on any atom is 0.219 e. The Morgan fingerprint density at radius 3 is 2.34 bits per heavy atom. The zero-order valence-electron chi connectivity index (χ0n) is 20.1. The molecule has 8 nitrogen and oxygen atoms in total. The minimum absolute atomic E-state index is 0. The number of carbonyl (C=O) groups excluding carboxylic acids is 1. The topological polar surface area (TPSA) is 78.4 Å². The number of rotatable bonds is 10. The van der Waals surface area contributed by atoms with E-state index >= 15 is 0 Å². The Hall–Kier alpha value is -1.75. The van der Waals surface area contributed by atoms with Crippen molar-refractivity contribution in [3.8, 4) is 11.5 Å². The van der Waals surface area contributed by atoms with E-state index in [0.717, 1.165) is 62.3 Å². The molecule has 0 aromatic heterocycles. The smallest absolute Gasteiger partial charge is 0.219 e. The molecule has 1 amide bonds. The first-order chi connectivity index (χ1) is 15.0. The molecule has 1 atom stereocenters. The summed E-state index contributed by atoms with van der Waals surface area (Å²) in [5.74, 6) is 2.49. The van der Waals surface area contributed by atoms with Crippen LogP contribution in [0.1, 0.15) is 46.2 Å². The Labute approximate surface area is 210 Å². The lowest BCUT2D eigenvalue weighted by Crippen LogP contribution is -2.48. The average molecular weight is 562 g/mol. The molecule has 1 aliphatic rings. The molecule has 0 spiro atoms. The highest BCUT2D eigenvalue weighted by molar-refractivity contribution is 14.0. The van der Waals surface area contributed by atoms with Gasteiger partial charge in [-0.05, 0) is 45.4 Å². The third kappa shape index (κ3) is 9.01. The first-order valence-electron chi connectivity index (χ1n) is 11.4. The Morgan fingerprint density at radius 2 is 1.75 bits per heavy atom. The summed E-state index contributed by atoms with van der Waals surface area (Å²) in [6, 6.07) is 6.12. The predicted molar refractivity (Wildman–Crippen MR) is 140 cm³/mol. The second-order valence-electron chi connectivity index (χ2n) is 7.55. The second-order valence-corrected chi connectivity index (χ2v) is 7.55. The van der Waals surface area contributed by atoms with Gasteiger partial charge >= 0.3 is 0 Å². The standard InChI is InChI=1S/C23H39N5O3.HI/c1-6-24-23(25-11-12-27-13-15-28(16-14-27)19(5)29)26-18(4)20-9-10-21(30-7-2)22(17-20)31-8-3;/h9-10,17-18H,6-8,11-16H2,1-5H3,(H2,24,25,26);1H. The van der Waals surface area contributed by atoms with Gasteiger partial charge < -0.3 is 25.0 Å². The maximum absolute atomic E-state index is 11.5. The highest BCUT2D eigenvalue weighted by atomic mass is 127. The normalized spacial score (nSPS) is 15.5. The first-order valence-corrected chi connectivity index (χ1v) is 11.4. The van der Waals surface area contributed by atoms with E-state index in [-0.39, 0.29) is 35.9 Å². The van der Waals surface area contributed by atoms with Crippen molar-refractivity contribution in [2.24, 2.45) is 4.99 Å². The van der Waals surface area contributed by atoms with Gasteiger partial charge in [0.15, 0.2) is 17.5 Å². The van der Waals surface area contributed by atoms with Crippen LogP contribution in [0.2, 0.25) is 0 Å². The monoisotopic (exact) mass is 561 g/mol. The Balaban J connectivity index is 0.00000512. The van der Waals surface area contributed by atoms with Crippen LogP contribution in [0, 0.1) is 0 Å². The molecular formula is C23H40IN5O3. The van der Waals surface area contributed by atoms with E-state index in [1.807, 2.05) is 30.9 Å². The van der Waals surface area contributed by atoms with E-state index in [0.29, 0.717) is 19.8 Å². The molecule has 32 heavy (non-hydrogen) atoms. The molecule has 1 aromatic rings. The van der Waals surface area contributed by atoms with Crippen LogP contribution in [-0.2, 0) is 4.79 Å². The average Bonchev–Trinajstić information content (AvgIpc) is 2.75. The number of nitrogens with zero attached hydrogens (tertiary/aromatic N) is 3. The maximum atomic E-state index is 11.5. The van der Waals surface area contributed by atoms with Crippen LogP contribution in [0.4, 0.5) is 0 Å². The summed E-state index contributed by atoms with van der Waals surface area (Å²) in [5.41, 5.74) is 1.11. The summed E-state index contributed by atoms with van der Waals surface area (Å²) in [7, 11) is 0. The number of hydrogen-bond donors (Lipinski definition) is 2. The molecule has 1 fully saturated rings. The van der Waals surface area contributed by atoms with Crippen LogP contribution >= 0.6 is 24.0 Å². The number of amides is 1. The molecule has 1 unspecified atom stereocenters. The number of piperazine rings is 1. The molecule has 1 aliphatic heterocycles. The van der Waals surface area contributed by atoms with Crippen LogP contribution < -0.4 is 20.1 Å². The molecule has 0 radical (unpaired) electrons. The highest BCUT2D eigenvalue weighted by Crippen LogP contribution is 2.30. The Kier molecular flexibility index (Phi) is 13.4. The van der Waals surface area contributed by atoms with Gasteiger partial charge in [0.05, 0.1) is 25.8 Å². The summed E-state index contributed by atoms with van der Waals surface area (Å²) in [5, 5.41) is 6.81. The largest absolute Gasteiger partial charge is 0.490 e. The number of hydrogen-bond acceptors (Lipinski definition) is 5. The number of ether oxygens (including phenoxy) is 2. The lowest BCUT2D eigenvalue weighted by molar-refractivity contribution is -0.130. The van der Waals surface area contributed by atoms with Crippen molar-refractivity contribution in [2.45, 2.75) is 40.7 Å². The molecule has 1 saturated heterocycles. The van der Waals surface area contributed by atoms with Crippen molar-refractivity contribution in [3.63, 3.8) is 0 Å². The van der Waals surface area contributed by atoms with Crippen molar-refractivity contribution in [1.29, 1.82) is 0 Å². The molecule has 182 valence electrons. The van der Waals surface area contributed by atoms with Gasteiger partial charge in [0.25, 0.3) is 0 Å². The van der Waals surface area contributed by atoms with Gasteiger partial charge in [-0.2, -0.15) is 0 Å². The number of aliphatic imine (C=N–C) groups is 1. The lowest BCUT2D eigenvalue weighted by Gasteiger charge is -2.33. The third-order valence-corrected chi connectivity index (χ3v) is 5.27. The SMILES string of the molecule is CCNC(=NCCN1CCN(C(C)=O)CC1)NC(C)c1ccc(OCC)c(OCC)c1.I. The third-order valence-electron chi connectivity index (χ3n) is 5.27. The van der Waals surface area contributed by atoms with E-state index in [4.69, 9.17) is 14.5 Å². The highest BCUT2D eigenvalue weighted by Gasteiger charge is 2.18. The zero-order chi connectivity index (χ0) is 22.6. The number of carbonyl (C=O) groups is 1. The van der Waals surface area contributed by atoms with E-state index < -0.39 is 0 Å². The van der Waals surface area contributed by atoms with Crippen molar-refractivity contribution < 1.29 is 14.3 Å². The minimum Gasteiger partial charge on any atom is -0.490 e. The Bertz CT molecular complexity index is 724. The molecule has 1 aromatic carbocycles. The van der Waals surface area contributed by atoms with Crippen LogP contribution in [0.15, 0.2) is 23.2 Å². The van der Waals surface area contributed by atoms with Crippen molar-refractivity contribution in [1.82, 2.24) is 20.4 Å². The molecule has 0 bridgehead atoms. The van der Waals surface area contributed by atoms with Crippen molar-refractivity contribution in [3.05, 3.63) is 23.8 Å². The lowest BCUT2D eigenvalue weighted by atomic mass is 10.1. The van der Waals surface area contributed by atoms with Crippen LogP contribution in [0.3, 0.4) is 0 Å². The summed E-state index contributed by atoms with van der Waals surface area (Å²) >= 11 is 0. The summed E-state index contributed by atoms with van der Waals surface area (Å²) in [4.78, 5) is 20.5.